The Morgan fingerprint density at radius 3 is 3.12 bits per heavy atom. The van der Waals surface area contributed by atoms with E-state index >= 15 is 0 Å². The lowest BCUT2D eigenvalue weighted by Crippen LogP contribution is -2.48. The van der Waals surface area contributed by atoms with Crippen LogP contribution in [0.5, 0.6) is 0 Å². The largest absolute Gasteiger partial charge is 0.351 e. The fraction of sp³-hybridized carbons (Fsp3) is 0.667. The van der Waals surface area contributed by atoms with Crippen LogP contribution in [0.1, 0.15) is 31.0 Å². The number of rotatable bonds is 3. The summed E-state index contributed by atoms with van der Waals surface area (Å²) in [7, 11) is 0. The van der Waals surface area contributed by atoms with E-state index in [9.17, 15) is 4.79 Å². The predicted molar refractivity (Wildman–Crippen MR) is 65.4 cm³/mol. The lowest BCUT2D eigenvalue weighted by atomic mass is 9.94. The molecule has 2 heterocycles. The van der Waals surface area contributed by atoms with E-state index in [2.05, 4.69) is 27.8 Å². The first-order valence-electron chi connectivity index (χ1n) is 6.16. The average Bonchev–Trinajstić information content (AvgIpc) is 2.72. The zero-order chi connectivity index (χ0) is 12.3. The van der Waals surface area contributed by atoms with Crippen LogP contribution in [-0.2, 0) is 11.3 Å². The maximum atomic E-state index is 11.9. The number of hydrogen-bond donors (Lipinski definition) is 3. The van der Waals surface area contributed by atoms with Gasteiger partial charge in [0, 0.05) is 17.8 Å². The van der Waals surface area contributed by atoms with Crippen molar-refractivity contribution >= 4 is 5.91 Å². The number of aromatic amines is 1. The summed E-state index contributed by atoms with van der Waals surface area (Å²) < 4.78 is 0. The van der Waals surface area contributed by atoms with Crippen molar-refractivity contribution in [2.24, 2.45) is 5.92 Å². The summed E-state index contributed by atoms with van der Waals surface area (Å²) in [4.78, 5) is 11.9. The van der Waals surface area contributed by atoms with Gasteiger partial charge in [0.15, 0.2) is 0 Å². The molecule has 0 bridgehead atoms. The number of nitrogens with one attached hydrogen (secondary N) is 3. The van der Waals surface area contributed by atoms with Crippen molar-refractivity contribution in [1.82, 2.24) is 20.8 Å². The molecule has 1 aliphatic rings. The average molecular weight is 236 g/mol. The second-order valence-corrected chi connectivity index (χ2v) is 4.87. The minimum Gasteiger partial charge on any atom is -0.351 e. The smallest absolute Gasteiger partial charge is 0.237 e. The number of aromatic nitrogens is 2. The van der Waals surface area contributed by atoms with Gasteiger partial charge in [-0.2, -0.15) is 5.10 Å². The third-order valence-electron chi connectivity index (χ3n) is 3.37. The number of carbonyl (C=O) groups excluding carboxylic acids is 1. The molecule has 0 aromatic carbocycles. The monoisotopic (exact) mass is 236 g/mol. The second-order valence-electron chi connectivity index (χ2n) is 4.87. The molecule has 0 aliphatic carbocycles. The van der Waals surface area contributed by atoms with Crippen LogP contribution in [0.4, 0.5) is 0 Å². The van der Waals surface area contributed by atoms with E-state index in [1.807, 2.05) is 6.92 Å². The summed E-state index contributed by atoms with van der Waals surface area (Å²) in [5.74, 6) is 0.722. The maximum Gasteiger partial charge on any atom is 0.237 e. The van der Waals surface area contributed by atoms with Crippen molar-refractivity contribution in [2.45, 2.75) is 39.3 Å². The number of nitrogens with zero attached hydrogens (tertiary/aromatic N) is 1. The summed E-state index contributed by atoms with van der Waals surface area (Å²) in [6, 6.07) is -0.0362. The van der Waals surface area contributed by atoms with Crippen molar-refractivity contribution in [3.63, 3.8) is 0 Å². The molecule has 2 unspecified atom stereocenters. The van der Waals surface area contributed by atoms with Crippen LogP contribution in [0, 0.1) is 12.8 Å². The lowest BCUT2D eigenvalue weighted by molar-refractivity contribution is -0.124. The molecule has 1 amide bonds. The van der Waals surface area contributed by atoms with E-state index in [4.69, 9.17) is 0 Å². The molecule has 1 aliphatic heterocycles. The molecule has 94 valence electrons. The number of hydrogen-bond acceptors (Lipinski definition) is 3. The molecule has 0 saturated carbocycles. The first-order chi connectivity index (χ1) is 8.16. The number of piperidine rings is 1. The third kappa shape index (κ3) is 3.06. The van der Waals surface area contributed by atoms with Gasteiger partial charge in [-0.05, 0) is 32.2 Å². The lowest BCUT2D eigenvalue weighted by Gasteiger charge is -2.27. The van der Waals surface area contributed by atoms with Gasteiger partial charge in [-0.1, -0.05) is 6.92 Å². The Hall–Kier alpha value is -1.36. The Balaban J connectivity index is 1.83. The Kier molecular flexibility index (Phi) is 3.78. The Labute approximate surface area is 101 Å². The quantitative estimate of drug-likeness (QED) is 0.724. The minimum atomic E-state index is -0.0362. The van der Waals surface area contributed by atoms with Crippen molar-refractivity contribution in [3.05, 3.63) is 17.5 Å². The highest BCUT2D eigenvalue weighted by Gasteiger charge is 2.24. The molecule has 2 atom stereocenters. The van der Waals surface area contributed by atoms with Crippen molar-refractivity contribution in [2.75, 3.05) is 6.54 Å². The summed E-state index contributed by atoms with van der Waals surface area (Å²) in [6.07, 6.45) is 3.84. The molecular weight excluding hydrogens is 216 g/mol. The fourth-order valence-corrected chi connectivity index (χ4v) is 2.17. The van der Waals surface area contributed by atoms with E-state index in [1.165, 1.54) is 0 Å². The molecule has 3 N–H and O–H groups in total. The van der Waals surface area contributed by atoms with Crippen LogP contribution in [0.15, 0.2) is 6.20 Å². The second kappa shape index (κ2) is 5.31. The highest BCUT2D eigenvalue weighted by molar-refractivity contribution is 5.81. The molecule has 1 fully saturated rings. The molecule has 0 spiro atoms. The van der Waals surface area contributed by atoms with Crippen LogP contribution >= 0.6 is 0 Å². The number of H-pyrrole nitrogens is 1. The van der Waals surface area contributed by atoms with Crippen molar-refractivity contribution in [1.29, 1.82) is 0 Å². The first-order valence-corrected chi connectivity index (χ1v) is 6.16. The van der Waals surface area contributed by atoms with Gasteiger partial charge in [-0.3, -0.25) is 9.89 Å². The van der Waals surface area contributed by atoms with Gasteiger partial charge in [0.2, 0.25) is 5.91 Å². The highest BCUT2D eigenvalue weighted by Crippen LogP contribution is 2.15. The van der Waals surface area contributed by atoms with Gasteiger partial charge in [-0.15, -0.1) is 0 Å². The number of carbonyl (C=O) groups is 1. The van der Waals surface area contributed by atoms with E-state index in [-0.39, 0.29) is 11.9 Å². The fourth-order valence-electron chi connectivity index (χ4n) is 2.17. The molecule has 0 radical (unpaired) electrons. The minimum absolute atomic E-state index is 0.0362. The van der Waals surface area contributed by atoms with Crippen LogP contribution in [0.3, 0.4) is 0 Å². The van der Waals surface area contributed by atoms with Crippen LogP contribution < -0.4 is 10.6 Å². The Morgan fingerprint density at radius 2 is 2.47 bits per heavy atom. The first kappa shape index (κ1) is 12.1. The van der Waals surface area contributed by atoms with Gasteiger partial charge in [0.05, 0.1) is 12.2 Å². The van der Waals surface area contributed by atoms with Gasteiger partial charge in [-0.25, -0.2) is 0 Å². The SMILES string of the molecule is Cc1[nH]ncc1CNC(=O)C1CC(C)CCN1. The predicted octanol–water partition coefficient (Wildman–Crippen LogP) is 0.722. The van der Waals surface area contributed by atoms with Crippen molar-refractivity contribution < 1.29 is 4.79 Å². The zero-order valence-electron chi connectivity index (χ0n) is 10.4. The molecular formula is C12H20N4O. The summed E-state index contributed by atoms with van der Waals surface area (Å²) >= 11 is 0. The van der Waals surface area contributed by atoms with Crippen molar-refractivity contribution in [3.8, 4) is 0 Å². The summed E-state index contributed by atoms with van der Waals surface area (Å²) in [6.45, 7) is 5.63. The molecule has 5 nitrogen and oxygen atoms in total. The van der Waals surface area contributed by atoms with Gasteiger partial charge in [0.1, 0.15) is 0 Å². The molecule has 2 rings (SSSR count). The van der Waals surface area contributed by atoms with E-state index < -0.39 is 0 Å². The van der Waals surface area contributed by atoms with Crippen LogP contribution in [-0.4, -0.2) is 28.7 Å². The molecule has 1 aromatic heterocycles. The summed E-state index contributed by atoms with van der Waals surface area (Å²) in [5.41, 5.74) is 2.05. The standard InChI is InChI=1S/C12H20N4O/c1-8-3-4-13-11(5-8)12(17)14-6-10-7-15-16-9(10)2/h7-8,11,13H,3-6H2,1-2H3,(H,14,17)(H,15,16). The maximum absolute atomic E-state index is 11.9. The zero-order valence-corrected chi connectivity index (χ0v) is 10.4. The van der Waals surface area contributed by atoms with E-state index in [0.29, 0.717) is 12.5 Å². The van der Waals surface area contributed by atoms with Gasteiger partial charge >= 0.3 is 0 Å². The Morgan fingerprint density at radius 1 is 1.65 bits per heavy atom. The number of amides is 1. The molecule has 5 heteroatoms. The van der Waals surface area contributed by atoms with Crippen LogP contribution in [0.25, 0.3) is 0 Å². The topological polar surface area (TPSA) is 69.8 Å². The number of aryl methyl sites for hydroxylation is 1. The van der Waals surface area contributed by atoms with Gasteiger partial charge < -0.3 is 10.6 Å². The molecule has 1 saturated heterocycles. The third-order valence-corrected chi connectivity index (χ3v) is 3.37. The normalized spacial score (nSPS) is 24.6. The molecule has 17 heavy (non-hydrogen) atoms. The van der Waals surface area contributed by atoms with E-state index in [0.717, 1.165) is 30.6 Å². The van der Waals surface area contributed by atoms with E-state index in [1.54, 1.807) is 6.20 Å². The summed E-state index contributed by atoms with van der Waals surface area (Å²) in [5, 5.41) is 13.0. The Bertz CT molecular complexity index is 388. The molecule has 1 aromatic rings. The van der Waals surface area contributed by atoms with Crippen LogP contribution in [0.2, 0.25) is 0 Å². The van der Waals surface area contributed by atoms with Gasteiger partial charge in [0.25, 0.3) is 0 Å². The highest BCUT2D eigenvalue weighted by atomic mass is 16.2.